The van der Waals surface area contributed by atoms with Crippen LogP contribution in [0.1, 0.15) is 24.0 Å². The highest BCUT2D eigenvalue weighted by Crippen LogP contribution is 2.61. The molecule has 0 bridgehead atoms. The van der Waals surface area contributed by atoms with Crippen molar-refractivity contribution in [1.82, 2.24) is 0 Å². The van der Waals surface area contributed by atoms with Gasteiger partial charge in [-0.1, -0.05) is 12.1 Å². The Labute approximate surface area is 220 Å². The van der Waals surface area contributed by atoms with Crippen molar-refractivity contribution in [3.63, 3.8) is 0 Å². The topological polar surface area (TPSA) is 124 Å². The zero-order valence-electron chi connectivity index (χ0n) is 22.1. The van der Waals surface area contributed by atoms with Crippen molar-refractivity contribution in [3.05, 3.63) is 47.5 Å². The first-order chi connectivity index (χ1) is 18.2. The number of methoxy groups -OCH3 is 6. The van der Waals surface area contributed by atoms with Crippen LogP contribution in [0.3, 0.4) is 0 Å². The molecule has 0 aromatic heterocycles. The van der Waals surface area contributed by atoms with E-state index < -0.39 is 46.2 Å². The van der Waals surface area contributed by atoms with Gasteiger partial charge in [0.2, 0.25) is 0 Å². The quantitative estimate of drug-likeness (QED) is 0.374. The van der Waals surface area contributed by atoms with Crippen LogP contribution in [0.2, 0.25) is 0 Å². The molecule has 38 heavy (non-hydrogen) atoms. The van der Waals surface area contributed by atoms with Crippen LogP contribution in [-0.2, 0) is 39.5 Å². The molecule has 4 atom stereocenters. The number of ether oxygens (including phenoxy) is 6. The lowest BCUT2D eigenvalue weighted by Gasteiger charge is -2.33. The third-order valence-corrected chi connectivity index (χ3v) is 7.98. The largest absolute Gasteiger partial charge is 0.493 e. The molecule has 10 heteroatoms. The smallest absolute Gasteiger partial charge is 0.324 e. The number of fused-ring (bicyclic) bond motifs is 1. The second-order valence-electron chi connectivity index (χ2n) is 9.21. The molecule has 0 unspecified atom stereocenters. The lowest BCUT2D eigenvalue weighted by molar-refractivity contribution is -0.154. The Morgan fingerprint density at radius 2 is 0.947 bits per heavy atom. The molecule has 0 aliphatic heterocycles. The number of benzene rings is 2. The van der Waals surface area contributed by atoms with E-state index in [0.717, 1.165) is 0 Å². The summed E-state index contributed by atoms with van der Waals surface area (Å²) in [7, 11) is 8.17. The van der Waals surface area contributed by atoms with Crippen LogP contribution in [0.15, 0.2) is 36.4 Å². The van der Waals surface area contributed by atoms with Gasteiger partial charge in [0, 0.05) is 12.8 Å². The zero-order valence-corrected chi connectivity index (χ0v) is 22.1. The normalized spacial score (nSPS) is 25.9. The van der Waals surface area contributed by atoms with Gasteiger partial charge in [0.25, 0.3) is 0 Å². The van der Waals surface area contributed by atoms with Crippen molar-refractivity contribution < 1.29 is 47.6 Å². The monoisotopic (exact) mass is 526 g/mol. The molecule has 0 spiro atoms. The molecule has 10 nitrogen and oxygen atoms in total. The second kappa shape index (κ2) is 10.00. The van der Waals surface area contributed by atoms with E-state index in [4.69, 9.17) is 28.4 Å². The van der Waals surface area contributed by atoms with Gasteiger partial charge in [0.1, 0.15) is 0 Å². The third-order valence-electron chi connectivity index (χ3n) is 7.98. The average Bonchev–Trinajstić information content (AvgIpc) is 3.40. The Morgan fingerprint density at radius 3 is 1.24 bits per heavy atom. The fourth-order valence-electron chi connectivity index (χ4n) is 6.33. The maximum atomic E-state index is 13.9. The summed E-state index contributed by atoms with van der Waals surface area (Å²) in [5.74, 6) is -2.95. The SMILES string of the molecule is COC(=O)[C@]1(c2ccc(OC)c(OC)c2)C(=O)C[C@H]2[C@@H]1CC(=O)[C@]2(C(=O)OC)c1ccc(OC)c(OC)c1. The van der Waals surface area contributed by atoms with Gasteiger partial charge >= 0.3 is 11.9 Å². The fraction of sp³-hybridized carbons (Fsp3) is 0.429. The maximum Gasteiger partial charge on any atom is 0.324 e. The van der Waals surface area contributed by atoms with Crippen LogP contribution >= 0.6 is 0 Å². The molecule has 0 radical (unpaired) electrons. The van der Waals surface area contributed by atoms with Gasteiger partial charge in [0.15, 0.2) is 45.4 Å². The standard InChI is InChI=1S/C28H30O10/c1-33-19-9-7-15(11-21(19)35-3)27(25(31)37-5)17-13-24(30)28(26(32)38-6,18(17)14-23(27)29)16-8-10-20(34-2)22(12-16)36-4/h7-12,17-18H,13-14H2,1-6H3/t17-,18-,27-,28-/m0/s1. The summed E-state index contributed by atoms with van der Waals surface area (Å²) in [6, 6.07) is 9.40. The molecule has 2 aliphatic rings. The first kappa shape index (κ1) is 27.0. The molecule has 0 N–H and O–H groups in total. The highest BCUT2D eigenvalue weighted by molar-refractivity contribution is 6.18. The van der Waals surface area contributed by atoms with E-state index in [1.165, 1.54) is 54.8 Å². The Hall–Kier alpha value is -4.08. The third kappa shape index (κ3) is 3.46. The number of hydrogen-bond donors (Lipinski definition) is 0. The first-order valence-electron chi connectivity index (χ1n) is 11.9. The molecular formula is C28H30O10. The fourth-order valence-corrected chi connectivity index (χ4v) is 6.33. The number of carbonyl (C=O) groups is 4. The molecular weight excluding hydrogens is 496 g/mol. The van der Waals surface area contributed by atoms with E-state index in [1.807, 2.05) is 0 Å². The van der Waals surface area contributed by atoms with Crippen molar-refractivity contribution >= 4 is 23.5 Å². The minimum atomic E-state index is -1.85. The van der Waals surface area contributed by atoms with Crippen LogP contribution in [0.4, 0.5) is 0 Å². The summed E-state index contributed by atoms with van der Waals surface area (Å²) in [5.41, 5.74) is -3.11. The Morgan fingerprint density at radius 1 is 0.605 bits per heavy atom. The van der Waals surface area contributed by atoms with Crippen LogP contribution in [0, 0.1) is 11.8 Å². The van der Waals surface area contributed by atoms with Gasteiger partial charge in [-0.15, -0.1) is 0 Å². The Bertz CT molecular complexity index is 1200. The lowest BCUT2D eigenvalue weighted by atomic mass is 9.67. The van der Waals surface area contributed by atoms with Gasteiger partial charge in [-0.2, -0.15) is 0 Å². The van der Waals surface area contributed by atoms with Gasteiger partial charge in [-0.25, -0.2) is 0 Å². The number of Topliss-reactive ketones (excluding diaryl/α,β-unsaturated/α-hetero) is 2. The summed E-state index contributed by atoms with van der Waals surface area (Å²) in [6.07, 6.45) is -0.466. The zero-order chi connectivity index (χ0) is 27.8. The lowest BCUT2D eigenvalue weighted by Crippen LogP contribution is -2.47. The molecule has 2 saturated carbocycles. The van der Waals surface area contributed by atoms with Crippen LogP contribution in [0.25, 0.3) is 0 Å². The van der Waals surface area contributed by atoms with Gasteiger partial charge in [0.05, 0.1) is 42.7 Å². The molecule has 4 rings (SSSR count). The van der Waals surface area contributed by atoms with Gasteiger partial charge in [-0.05, 0) is 47.2 Å². The van der Waals surface area contributed by atoms with E-state index in [0.29, 0.717) is 34.1 Å². The molecule has 2 fully saturated rings. The summed E-state index contributed by atoms with van der Waals surface area (Å²) >= 11 is 0. The predicted octanol–water partition coefficient (Wildman–Crippen LogP) is 2.42. The van der Waals surface area contributed by atoms with Crippen LogP contribution in [0.5, 0.6) is 23.0 Å². The van der Waals surface area contributed by atoms with Crippen LogP contribution < -0.4 is 18.9 Å². The number of carbonyl (C=O) groups excluding carboxylic acids is 4. The van der Waals surface area contributed by atoms with Crippen molar-refractivity contribution in [3.8, 4) is 23.0 Å². The highest BCUT2D eigenvalue weighted by atomic mass is 16.5. The molecule has 0 saturated heterocycles. The Kier molecular flexibility index (Phi) is 7.10. The van der Waals surface area contributed by atoms with Crippen molar-refractivity contribution in [2.75, 3.05) is 42.7 Å². The van der Waals surface area contributed by atoms with E-state index in [9.17, 15) is 19.2 Å². The summed E-state index contributed by atoms with van der Waals surface area (Å²) < 4.78 is 31.8. The van der Waals surface area contributed by atoms with Crippen LogP contribution in [-0.4, -0.2) is 66.2 Å². The minimum absolute atomic E-state index is 0.233. The van der Waals surface area contributed by atoms with E-state index in [2.05, 4.69) is 0 Å². The van der Waals surface area contributed by atoms with E-state index in [-0.39, 0.29) is 12.8 Å². The number of esters is 2. The number of rotatable bonds is 8. The van der Waals surface area contributed by atoms with Crippen molar-refractivity contribution in [2.45, 2.75) is 23.7 Å². The molecule has 0 heterocycles. The molecule has 202 valence electrons. The first-order valence-corrected chi connectivity index (χ1v) is 11.9. The summed E-state index contributed by atoms with van der Waals surface area (Å²) in [6.45, 7) is 0. The van der Waals surface area contributed by atoms with Crippen molar-refractivity contribution in [1.29, 1.82) is 0 Å². The minimum Gasteiger partial charge on any atom is -0.493 e. The predicted molar refractivity (Wildman–Crippen MR) is 133 cm³/mol. The van der Waals surface area contributed by atoms with Crippen molar-refractivity contribution in [2.24, 2.45) is 11.8 Å². The molecule has 2 aliphatic carbocycles. The summed E-state index contributed by atoms with van der Waals surface area (Å²) in [4.78, 5) is 55.0. The van der Waals surface area contributed by atoms with E-state index >= 15 is 0 Å². The maximum absolute atomic E-state index is 13.9. The second-order valence-corrected chi connectivity index (χ2v) is 9.21. The molecule has 0 amide bonds. The Balaban J connectivity index is 1.98. The highest BCUT2D eigenvalue weighted by Gasteiger charge is 2.74. The summed E-state index contributed by atoms with van der Waals surface area (Å²) in [5, 5.41) is 0. The molecule has 2 aromatic rings. The van der Waals surface area contributed by atoms with E-state index in [1.54, 1.807) is 24.3 Å². The number of ketones is 2. The molecule has 2 aromatic carbocycles. The average molecular weight is 527 g/mol. The number of hydrogen-bond acceptors (Lipinski definition) is 10. The van der Waals surface area contributed by atoms with Gasteiger partial charge in [-0.3, -0.25) is 19.2 Å². The van der Waals surface area contributed by atoms with Gasteiger partial charge < -0.3 is 28.4 Å².